The number of nitrogens with two attached hydrogens (primary N) is 1. The van der Waals surface area contributed by atoms with Crippen LogP contribution in [0, 0.1) is 13.8 Å². The molecule has 1 unspecified atom stereocenters. The number of thiazole rings is 1. The van der Waals surface area contributed by atoms with Crippen LogP contribution in [-0.2, 0) is 11.8 Å². The highest BCUT2D eigenvalue weighted by molar-refractivity contribution is 7.11. The molecule has 1 heterocycles. The minimum Gasteiger partial charge on any atom is -0.330 e. The molecule has 0 saturated heterocycles. The highest BCUT2D eigenvalue weighted by Gasteiger charge is 2.17. The van der Waals surface area contributed by atoms with Gasteiger partial charge in [0.05, 0.1) is 10.7 Å². The van der Waals surface area contributed by atoms with E-state index in [1.807, 2.05) is 0 Å². The zero-order chi connectivity index (χ0) is 15.6. The van der Waals surface area contributed by atoms with E-state index in [9.17, 15) is 0 Å². The molecule has 0 aliphatic carbocycles. The predicted octanol–water partition coefficient (Wildman–Crippen LogP) is 4.34. The smallest absolute Gasteiger partial charge is 0.0977 e. The molecule has 2 rings (SSSR count). The van der Waals surface area contributed by atoms with Gasteiger partial charge in [-0.05, 0) is 36.8 Å². The Balaban J connectivity index is 2.15. The van der Waals surface area contributed by atoms with Crippen molar-refractivity contribution in [1.82, 2.24) is 4.98 Å². The lowest BCUT2D eigenvalue weighted by atomic mass is 9.86. The van der Waals surface area contributed by atoms with Gasteiger partial charge in [0.2, 0.25) is 0 Å². The molecule has 0 spiro atoms. The Morgan fingerprint density at radius 1 is 1.14 bits per heavy atom. The summed E-state index contributed by atoms with van der Waals surface area (Å²) in [6, 6.07) is 8.94. The van der Waals surface area contributed by atoms with Gasteiger partial charge in [-0.3, -0.25) is 0 Å². The van der Waals surface area contributed by atoms with Gasteiger partial charge in [0, 0.05) is 17.3 Å². The summed E-state index contributed by atoms with van der Waals surface area (Å²) in [7, 11) is 0. The fourth-order valence-corrected chi connectivity index (χ4v) is 3.40. The molecule has 0 fully saturated rings. The van der Waals surface area contributed by atoms with Crippen LogP contribution in [0.3, 0.4) is 0 Å². The molecular formula is C18H26N2S. The minimum absolute atomic E-state index is 0.204. The van der Waals surface area contributed by atoms with Crippen LogP contribution in [0.15, 0.2) is 24.3 Å². The summed E-state index contributed by atoms with van der Waals surface area (Å²) in [6.45, 7) is 11.6. The summed E-state index contributed by atoms with van der Waals surface area (Å²) in [4.78, 5) is 5.97. The first-order valence-corrected chi connectivity index (χ1v) is 8.36. The fraction of sp³-hybridized carbons (Fsp3) is 0.500. The van der Waals surface area contributed by atoms with E-state index in [0.29, 0.717) is 12.5 Å². The van der Waals surface area contributed by atoms with Crippen molar-refractivity contribution in [1.29, 1.82) is 0 Å². The number of nitrogens with zero attached hydrogens (tertiary/aromatic N) is 1. The Kier molecular flexibility index (Phi) is 4.84. The van der Waals surface area contributed by atoms with Gasteiger partial charge >= 0.3 is 0 Å². The van der Waals surface area contributed by atoms with E-state index in [1.165, 1.54) is 21.0 Å². The normalized spacial score (nSPS) is 13.4. The highest BCUT2D eigenvalue weighted by Crippen LogP contribution is 2.28. The molecule has 2 nitrogen and oxygen atoms in total. The van der Waals surface area contributed by atoms with Crippen molar-refractivity contribution in [2.24, 2.45) is 5.73 Å². The van der Waals surface area contributed by atoms with Crippen LogP contribution < -0.4 is 5.73 Å². The molecule has 114 valence electrons. The summed E-state index contributed by atoms with van der Waals surface area (Å²) in [6.07, 6.45) is 0.966. The first-order chi connectivity index (χ1) is 9.81. The molecular weight excluding hydrogens is 276 g/mol. The van der Waals surface area contributed by atoms with E-state index in [1.54, 1.807) is 11.3 Å². The number of hydrogen-bond acceptors (Lipinski definition) is 3. The van der Waals surface area contributed by atoms with Crippen LogP contribution in [0.25, 0.3) is 0 Å². The van der Waals surface area contributed by atoms with E-state index in [-0.39, 0.29) is 5.41 Å². The molecule has 1 aromatic heterocycles. The van der Waals surface area contributed by atoms with Crippen molar-refractivity contribution in [2.45, 2.75) is 52.4 Å². The van der Waals surface area contributed by atoms with E-state index in [4.69, 9.17) is 5.73 Å². The zero-order valence-corrected chi connectivity index (χ0v) is 14.6. The van der Waals surface area contributed by atoms with E-state index >= 15 is 0 Å². The molecule has 3 heteroatoms. The lowest BCUT2D eigenvalue weighted by molar-refractivity contribution is 0.589. The van der Waals surface area contributed by atoms with Crippen molar-refractivity contribution in [2.75, 3.05) is 6.54 Å². The highest BCUT2D eigenvalue weighted by atomic mass is 32.1. The predicted molar refractivity (Wildman–Crippen MR) is 92.2 cm³/mol. The molecule has 0 radical (unpaired) electrons. The zero-order valence-electron chi connectivity index (χ0n) is 13.7. The monoisotopic (exact) mass is 302 g/mol. The second kappa shape index (κ2) is 6.29. The van der Waals surface area contributed by atoms with Crippen molar-refractivity contribution in [3.05, 3.63) is 51.0 Å². The van der Waals surface area contributed by atoms with Gasteiger partial charge in [0.25, 0.3) is 0 Å². The number of rotatable bonds is 4. The second-order valence-electron chi connectivity index (χ2n) is 6.78. The van der Waals surface area contributed by atoms with Crippen LogP contribution in [0.4, 0.5) is 0 Å². The van der Waals surface area contributed by atoms with Crippen molar-refractivity contribution < 1.29 is 0 Å². The molecule has 0 saturated carbocycles. The first kappa shape index (κ1) is 16.2. The number of aromatic nitrogens is 1. The second-order valence-corrected chi connectivity index (χ2v) is 8.01. The number of benzene rings is 1. The Morgan fingerprint density at radius 2 is 1.76 bits per heavy atom. The molecule has 0 aliphatic rings. The lowest BCUT2D eigenvalue weighted by Crippen LogP contribution is -2.15. The van der Waals surface area contributed by atoms with E-state index in [2.05, 4.69) is 63.9 Å². The maximum absolute atomic E-state index is 5.98. The van der Waals surface area contributed by atoms with Gasteiger partial charge in [-0.15, -0.1) is 11.3 Å². The fourth-order valence-electron chi connectivity index (χ4n) is 2.37. The lowest BCUT2D eigenvalue weighted by Gasteiger charge is -2.19. The van der Waals surface area contributed by atoms with Crippen LogP contribution >= 0.6 is 11.3 Å². The topological polar surface area (TPSA) is 38.9 Å². The van der Waals surface area contributed by atoms with Crippen molar-refractivity contribution >= 4 is 11.3 Å². The third kappa shape index (κ3) is 3.92. The van der Waals surface area contributed by atoms with Crippen molar-refractivity contribution in [3.63, 3.8) is 0 Å². The standard InChI is InChI=1S/C18H26N2S/c1-12-13(2)21-17(20-12)15(11-19)10-14-6-8-16(9-7-14)18(3,4)5/h6-9,15H,10-11,19H2,1-5H3. The number of hydrogen-bond donors (Lipinski definition) is 1. The largest absolute Gasteiger partial charge is 0.330 e. The Morgan fingerprint density at radius 3 is 2.19 bits per heavy atom. The van der Waals surface area contributed by atoms with E-state index in [0.717, 1.165) is 12.1 Å². The first-order valence-electron chi connectivity index (χ1n) is 7.54. The summed E-state index contributed by atoms with van der Waals surface area (Å²) in [5.41, 5.74) is 10.0. The SMILES string of the molecule is Cc1nc(C(CN)Cc2ccc(C(C)(C)C)cc2)sc1C. The van der Waals surface area contributed by atoms with Gasteiger partial charge in [0.1, 0.15) is 0 Å². The summed E-state index contributed by atoms with van der Waals surface area (Å²) in [5, 5.41) is 1.17. The molecule has 1 aromatic carbocycles. The van der Waals surface area contributed by atoms with Crippen LogP contribution in [0.5, 0.6) is 0 Å². The average Bonchev–Trinajstić information content (AvgIpc) is 2.75. The van der Waals surface area contributed by atoms with E-state index < -0.39 is 0 Å². The molecule has 0 aliphatic heterocycles. The molecule has 2 aromatic rings. The summed E-state index contributed by atoms with van der Waals surface area (Å²) >= 11 is 1.78. The van der Waals surface area contributed by atoms with Crippen LogP contribution in [0.1, 0.15) is 53.4 Å². The average molecular weight is 302 g/mol. The maximum atomic E-state index is 5.98. The summed E-state index contributed by atoms with van der Waals surface area (Å²) in [5.74, 6) is 0.322. The third-order valence-electron chi connectivity index (χ3n) is 3.98. The van der Waals surface area contributed by atoms with Crippen LogP contribution in [-0.4, -0.2) is 11.5 Å². The van der Waals surface area contributed by atoms with Gasteiger partial charge in [-0.1, -0.05) is 45.0 Å². The molecule has 1 atom stereocenters. The Hall–Kier alpha value is -1.19. The van der Waals surface area contributed by atoms with Gasteiger partial charge in [0.15, 0.2) is 0 Å². The maximum Gasteiger partial charge on any atom is 0.0977 e. The van der Waals surface area contributed by atoms with Gasteiger partial charge in [-0.25, -0.2) is 4.98 Å². The number of aryl methyl sites for hydroxylation is 2. The summed E-state index contributed by atoms with van der Waals surface area (Å²) < 4.78 is 0. The Labute approximate surface area is 132 Å². The van der Waals surface area contributed by atoms with Crippen LogP contribution in [0.2, 0.25) is 0 Å². The molecule has 21 heavy (non-hydrogen) atoms. The Bertz CT molecular complexity index is 571. The minimum atomic E-state index is 0.204. The molecule has 2 N–H and O–H groups in total. The third-order valence-corrected chi connectivity index (χ3v) is 5.22. The quantitative estimate of drug-likeness (QED) is 0.912. The van der Waals surface area contributed by atoms with Crippen molar-refractivity contribution in [3.8, 4) is 0 Å². The van der Waals surface area contributed by atoms with Gasteiger partial charge in [-0.2, -0.15) is 0 Å². The molecule has 0 bridgehead atoms. The van der Waals surface area contributed by atoms with Gasteiger partial charge < -0.3 is 5.73 Å². The molecule has 0 amide bonds.